The number of hydrogen-bond donors (Lipinski definition) is 1. The lowest BCUT2D eigenvalue weighted by molar-refractivity contribution is 0.201. The number of fused-ring (bicyclic) bond motifs is 1. The molecule has 0 amide bonds. The largest absolute Gasteiger partial charge is 0.489 e. The quantitative estimate of drug-likeness (QED) is 0.853. The smallest absolute Gasteiger partial charge is 0.336 e. The van der Waals surface area contributed by atoms with Gasteiger partial charge in [-0.1, -0.05) is 11.6 Å². The molecule has 0 unspecified atom stereocenters. The summed E-state index contributed by atoms with van der Waals surface area (Å²) in [4.78, 5) is 11.2. The predicted octanol–water partition coefficient (Wildman–Crippen LogP) is 2.13. The van der Waals surface area contributed by atoms with Crippen molar-refractivity contribution in [2.75, 3.05) is 13.2 Å². The van der Waals surface area contributed by atoms with E-state index in [0.717, 1.165) is 10.9 Å². The zero-order valence-electron chi connectivity index (χ0n) is 9.20. The lowest BCUT2D eigenvalue weighted by Gasteiger charge is -2.08. The average molecular weight is 255 g/mol. The molecule has 2 rings (SSSR count). The van der Waals surface area contributed by atoms with E-state index in [9.17, 15) is 4.79 Å². The van der Waals surface area contributed by atoms with Crippen molar-refractivity contribution < 1.29 is 14.3 Å². The van der Waals surface area contributed by atoms with Crippen LogP contribution in [0.4, 0.5) is 0 Å². The zero-order chi connectivity index (χ0) is 12.4. The molecular formula is C12H11ClO4. The van der Waals surface area contributed by atoms with Crippen LogP contribution >= 0.6 is 11.6 Å². The molecular weight excluding hydrogens is 244 g/mol. The number of aryl methyl sites for hydroxylation is 1. The molecule has 0 aliphatic carbocycles. The Balaban J connectivity index is 2.59. The molecule has 1 aromatic heterocycles. The fourth-order valence-electron chi connectivity index (χ4n) is 1.59. The van der Waals surface area contributed by atoms with Crippen LogP contribution in [0, 0.1) is 6.92 Å². The number of aliphatic hydroxyl groups is 1. The second-order valence-electron chi connectivity index (χ2n) is 3.60. The van der Waals surface area contributed by atoms with Gasteiger partial charge in [0.05, 0.1) is 11.6 Å². The van der Waals surface area contributed by atoms with E-state index >= 15 is 0 Å². The summed E-state index contributed by atoms with van der Waals surface area (Å²) in [6.45, 7) is 1.84. The Hall–Kier alpha value is -1.52. The van der Waals surface area contributed by atoms with Gasteiger partial charge in [-0.15, -0.1) is 0 Å². The third-order valence-electron chi connectivity index (χ3n) is 2.35. The van der Waals surface area contributed by atoms with Crippen LogP contribution in [0.25, 0.3) is 11.0 Å². The molecule has 0 saturated carbocycles. The summed E-state index contributed by atoms with van der Waals surface area (Å²) in [6, 6.07) is 4.65. The summed E-state index contributed by atoms with van der Waals surface area (Å²) in [5.74, 6) is 0.391. The van der Waals surface area contributed by atoms with Crippen molar-refractivity contribution in [2.45, 2.75) is 6.92 Å². The molecule has 0 saturated heterocycles. The molecule has 0 aliphatic heterocycles. The van der Waals surface area contributed by atoms with E-state index in [0.29, 0.717) is 16.4 Å². The Labute approximate surface area is 102 Å². The SMILES string of the molecule is Cc1cc(=O)oc2cc(OCCO)c(Cl)cc12. The van der Waals surface area contributed by atoms with E-state index < -0.39 is 5.63 Å². The number of aliphatic hydroxyl groups excluding tert-OH is 1. The molecule has 0 bridgehead atoms. The average Bonchev–Trinajstić information content (AvgIpc) is 2.27. The molecule has 5 heteroatoms. The minimum atomic E-state index is -0.412. The van der Waals surface area contributed by atoms with Gasteiger partial charge in [0.2, 0.25) is 0 Å². The highest BCUT2D eigenvalue weighted by Crippen LogP contribution is 2.30. The molecule has 0 atom stereocenters. The van der Waals surface area contributed by atoms with Crippen LogP contribution in [-0.2, 0) is 0 Å². The third kappa shape index (κ3) is 2.43. The molecule has 90 valence electrons. The second-order valence-corrected chi connectivity index (χ2v) is 4.01. The lowest BCUT2D eigenvalue weighted by atomic mass is 10.1. The van der Waals surface area contributed by atoms with Crippen molar-refractivity contribution in [3.63, 3.8) is 0 Å². The Morgan fingerprint density at radius 3 is 2.88 bits per heavy atom. The minimum Gasteiger partial charge on any atom is -0.489 e. The van der Waals surface area contributed by atoms with Crippen molar-refractivity contribution in [1.29, 1.82) is 0 Å². The van der Waals surface area contributed by atoms with Gasteiger partial charge < -0.3 is 14.3 Å². The normalized spacial score (nSPS) is 10.8. The van der Waals surface area contributed by atoms with E-state index in [1.807, 2.05) is 6.92 Å². The monoisotopic (exact) mass is 254 g/mol. The molecule has 2 aromatic rings. The van der Waals surface area contributed by atoms with Crippen LogP contribution in [0.2, 0.25) is 5.02 Å². The van der Waals surface area contributed by atoms with E-state index in [1.54, 1.807) is 12.1 Å². The van der Waals surface area contributed by atoms with Crippen molar-refractivity contribution >= 4 is 22.6 Å². The van der Waals surface area contributed by atoms with Gasteiger partial charge >= 0.3 is 5.63 Å². The second kappa shape index (κ2) is 4.77. The summed E-state index contributed by atoms with van der Waals surface area (Å²) in [5.41, 5.74) is 0.810. The molecule has 1 N–H and O–H groups in total. The van der Waals surface area contributed by atoms with Gasteiger partial charge in [-0.25, -0.2) is 4.79 Å². The van der Waals surface area contributed by atoms with Crippen molar-refractivity contribution in [3.05, 3.63) is 39.2 Å². The summed E-state index contributed by atoms with van der Waals surface area (Å²) in [5, 5.41) is 9.87. The first-order valence-electron chi connectivity index (χ1n) is 5.09. The maximum atomic E-state index is 11.2. The molecule has 1 aromatic carbocycles. The van der Waals surface area contributed by atoms with Gasteiger partial charge in [0.15, 0.2) is 0 Å². The Kier molecular flexibility index (Phi) is 3.36. The molecule has 0 spiro atoms. The van der Waals surface area contributed by atoms with Gasteiger partial charge in [-0.3, -0.25) is 0 Å². The molecule has 0 radical (unpaired) electrons. The Morgan fingerprint density at radius 2 is 2.18 bits per heavy atom. The maximum absolute atomic E-state index is 11.2. The van der Waals surface area contributed by atoms with Crippen LogP contribution < -0.4 is 10.4 Å². The summed E-state index contributed by atoms with van der Waals surface area (Å²) in [6.07, 6.45) is 0. The van der Waals surface area contributed by atoms with Crippen LogP contribution in [0.3, 0.4) is 0 Å². The van der Waals surface area contributed by atoms with Gasteiger partial charge in [0.25, 0.3) is 0 Å². The molecule has 0 aliphatic rings. The lowest BCUT2D eigenvalue weighted by Crippen LogP contribution is -2.03. The van der Waals surface area contributed by atoms with Crippen LogP contribution in [0.1, 0.15) is 5.56 Å². The standard InChI is InChI=1S/C12H11ClO4/c1-7-4-12(15)17-10-6-11(16-3-2-14)9(13)5-8(7)10/h4-6,14H,2-3H2,1H3. The number of halogens is 1. The Bertz CT molecular complexity index is 603. The van der Waals surface area contributed by atoms with Gasteiger partial charge in [-0.05, 0) is 18.6 Å². The first-order valence-corrected chi connectivity index (χ1v) is 5.47. The fraction of sp³-hybridized carbons (Fsp3) is 0.250. The third-order valence-corrected chi connectivity index (χ3v) is 2.65. The van der Waals surface area contributed by atoms with Gasteiger partial charge in [0.1, 0.15) is 17.9 Å². The molecule has 17 heavy (non-hydrogen) atoms. The first kappa shape index (κ1) is 12.0. The van der Waals surface area contributed by atoms with Gasteiger partial charge in [0, 0.05) is 17.5 Å². The highest BCUT2D eigenvalue weighted by atomic mass is 35.5. The van der Waals surface area contributed by atoms with Crippen molar-refractivity contribution in [3.8, 4) is 5.75 Å². The van der Waals surface area contributed by atoms with Crippen LogP contribution in [-0.4, -0.2) is 18.3 Å². The molecule has 4 nitrogen and oxygen atoms in total. The highest BCUT2D eigenvalue weighted by Gasteiger charge is 2.08. The summed E-state index contributed by atoms with van der Waals surface area (Å²) >= 11 is 6.02. The number of benzene rings is 1. The number of hydrogen-bond acceptors (Lipinski definition) is 4. The van der Waals surface area contributed by atoms with Crippen molar-refractivity contribution in [2.24, 2.45) is 0 Å². The first-order chi connectivity index (χ1) is 8.11. The maximum Gasteiger partial charge on any atom is 0.336 e. The highest BCUT2D eigenvalue weighted by molar-refractivity contribution is 6.32. The fourth-order valence-corrected chi connectivity index (χ4v) is 1.80. The minimum absolute atomic E-state index is 0.105. The number of rotatable bonds is 3. The van der Waals surface area contributed by atoms with Gasteiger partial charge in [-0.2, -0.15) is 0 Å². The van der Waals surface area contributed by atoms with E-state index in [-0.39, 0.29) is 13.2 Å². The number of ether oxygens (including phenoxy) is 1. The van der Waals surface area contributed by atoms with E-state index in [4.69, 9.17) is 25.9 Å². The van der Waals surface area contributed by atoms with Crippen LogP contribution in [0.5, 0.6) is 5.75 Å². The zero-order valence-corrected chi connectivity index (χ0v) is 9.95. The Morgan fingerprint density at radius 1 is 1.41 bits per heavy atom. The predicted molar refractivity (Wildman–Crippen MR) is 64.8 cm³/mol. The van der Waals surface area contributed by atoms with E-state index in [1.165, 1.54) is 6.07 Å². The molecule has 0 fully saturated rings. The summed E-state index contributed by atoms with van der Waals surface area (Å²) < 4.78 is 10.3. The summed E-state index contributed by atoms with van der Waals surface area (Å²) in [7, 11) is 0. The van der Waals surface area contributed by atoms with Crippen molar-refractivity contribution in [1.82, 2.24) is 0 Å². The molecule has 1 heterocycles. The van der Waals surface area contributed by atoms with Crippen LogP contribution in [0.15, 0.2) is 27.4 Å². The van der Waals surface area contributed by atoms with E-state index in [2.05, 4.69) is 0 Å². The topological polar surface area (TPSA) is 59.7 Å².